The van der Waals surface area contributed by atoms with Crippen LogP contribution in [0.25, 0.3) is 0 Å². The molecule has 1 radical (unpaired) electrons. The SMILES string of the molecule is IC1=CC=C[B]1. The maximum absolute atomic E-state index is 2.28. The molecule has 0 N–H and O–H groups in total. The summed E-state index contributed by atoms with van der Waals surface area (Å²) in [4.78, 5) is 0. The van der Waals surface area contributed by atoms with Crippen LogP contribution in [0.2, 0.25) is 0 Å². The minimum atomic E-state index is 1.31. The minimum Gasteiger partial charge on any atom is -0.116 e. The Morgan fingerprint density at radius 3 is 2.67 bits per heavy atom. The lowest BCUT2D eigenvalue weighted by Crippen LogP contribution is -1.73. The van der Waals surface area contributed by atoms with Gasteiger partial charge in [-0.05, 0) is 3.48 Å². The van der Waals surface area contributed by atoms with Crippen molar-refractivity contribution in [2.45, 2.75) is 0 Å². The van der Waals surface area contributed by atoms with Crippen molar-refractivity contribution in [3.05, 3.63) is 21.6 Å². The fraction of sp³-hybridized carbons (Fsp3) is 0. The normalized spacial score (nSPS) is 17.2. The molecule has 0 atom stereocenters. The summed E-state index contributed by atoms with van der Waals surface area (Å²) in [6.45, 7) is 0. The van der Waals surface area contributed by atoms with E-state index in [9.17, 15) is 0 Å². The summed E-state index contributed by atoms with van der Waals surface area (Å²) in [5.74, 6) is 2.03. The molecule has 6 heavy (non-hydrogen) atoms. The van der Waals surface area contributed by atoms with Gasteiger partial charge < -0.3 is 0 Å². The van der Waals surface area contributed by atoms with Crippen molar-refractivity contribution in [3.8, 4) is 0 Å². The van der Waals surface area contributed by atoms with E-state index < -0.39 is 0 Å². The molecule has 0 saturated carbocycles. The van der Waals surface area contributed by atoms with Crippen molar-refractivity contribution >= 4 is 29.9 Å². The number of hydrogen-bond acceptors (Lipinski definition) is 0. The Balaban J connectivity index is 2.61. The Hall–Kier alpha value is 0.275. The molecule has 0 aromatic heterocycles. The van der Waals surface area contributed by atoms with Crippen LogP contribution in [0.5, 0.6) is 0 Å². The molecule has 0 aromatic carbocycles. The van der Waals surface area contributed by atoms with Crippen LogP contribution in [0.1, 0.15) is 0 Å². The van der Waals surface area contributed by atoms with E-state index >= 15 is 0 Å². The Kier molecular flexibility index (Phi) is 1.35. The molecule has 0 saturated heterocycles. The average Bonchev–Trinajstić information content (AvgIpc) is 1.86. The molecule has 0 unspecified atom stereocenters. The molecule has 0 fully saturated rings. The van der Waals surface area contributed by atoms with Gasteiger partial charge in [-0.1, -0.05) is 34.7 Å². The zero-order valence-electron chi connectivity index (χ0n) is 3.19. The highest BCUT2D eigenvalue weighted by Crippen LogP contribution is 2.07. The maximum Gasteiger partial charge on any atom is 0.189 e. The second-order valence-corrected chi connectivity index (χ2v) is 2.35. The predicted molar refractivity (Wildman–Crippen MR) is 37.0 cm³/mol. The van der Waals surface area contributed by atoms with Crippen LogP contribution in [0, 0.1) is 0 Å². The van der Waals surface area contributed by atoms with Gasteiger partial charge in [-0.3, -0.25) is 0 Å². The van der Waals surface area contributed by atoms with Crippen LogP contribution in [0.3, 0.4) is 0 Å². The fourth-order valence-corrected chi connectivity index (χ4v) is 0.766. The van der Waals surface area contributed by atoms with Crippen molar-refractivity contribution in [3.63, 3.8) is 0 Å². The Labute approximate surface area is 51.7 Å². The maximum atomic E-state index is 2.28. The standard InChI is InChI=1S/C4H3BI/c6-4-2-1-3-5-4/h1-3H. The van der Waals surface area contributed by atoms with Crippen molar-refractivity contribution < 1.29 is 0 Å². The van der Waals surface area contributed by atoms with Crippen LogP contribution in [-0.2, 0) is 0 Å². The predicted octanol–water partition coefficient (Wildman–Crippen LogP) is 1.49. The quantitative estimate of drug-likeness (QED) is 0.399. The topological polar surface area (TPSA) is 0 Å². The van der Waals surface area contributed by atoms with Gasteiger partial charge in [0.1, 0.15) is 0 Å². The summed E-state index contributed by atoms with van der Waals surface area (Å²) in [6.07, 6.45) is 4.10. The van der Waals surface area contributed by atoms with Crippen LogP contribution in [0.15, 0.2) is 21.6 Å². The minimum absolute atomic E-state index is 1.31. The van der Waals surface area contributed by atoms with Crippen molar-refractivity contribution in [1.82, 2.24) is 0 Å². The molecule has 1 aliphatic rings. The molecule has 0 aliphatic carbocycles. The van der Waals surface area contributed by atoms with Crippen molar-refractivity contribution in [1.29, 1.82) is 0 Å². The molecule has 1 aliphatic heterocycles. The fourth-order valence-electron chi connectivity index (χ4n) is 0.351. The smallest absolute Gasteiger partial charge is 0.116 e. The lowest BCUT2D eigenvalue weighted by Gasteiger charge is -1.73. The van der Waals surface area contributed by atoms with Gasteiger partial charge in [0.2, 0.25) is 0 Å². The molecular formula is C4H3BI. The van der Waals surface area contributed by atoms with Gasteiger partial charge in [-0.15, -0.1) is 5.98 Å². The Morgan fingerprint density at radius 2 is 2.50 bits per heavy atom. The lowest BCUT2D eigenvalue weighted by atomic mass is 9.82. The van der Waals surface area contributed by atoms with E-state index in [1.54, 1.807) is 0 Å². The van der Waals surface area contributed by atoms with E-state index in [0.717, 1.165) is 0 Å². The van der Waals surface area contributed by atoms with Crippen molar-refractivity contribution in [2.24, 2.45) is 0 Å². The number of allylic oxidation sites excluding steroid dienone is 2. The highest BCUT2D eigenvalue weighted by Gasteiger charge is 1.91. The van der Waals surface area contributed by atoms with Gasteiger partial charge in [0.15, 0.2) is 7.28 Å². The average molecular weight is 189 g/mol. The van der Waals surface area contributed by atoms with E-state index in [0.29, 0.717) is 0 Å². The van der Waals surface area contributed by atoms with E-state index in [-0.39, 0.29) is 0 Å². The third-order valence-corrected chi connectivity index (χ3v) is 1.34. The van der Waals surface area contributed by atoms with E-state index in [1.165, 1.54) is 3.48 Å². The highest BCUT2D eigenvalue weighted by molar-refractivity contribution is 14.1. The molecular weight excluding hydrogens is 186 g/mol. The Bertz CT molecular complexity index is 104. The van der Waals surface area contributed by atoms with Gasteiger partial charge in [0.05, 0.1) is 0 Å². The number of rotatable bonds is 0. The molecule has 0 aromatic rings. The first-order chi connectivity index (χ1) is 2.89. The summed E-state index contributed by atoms with van der Waals surface area (Å²) in [5.41, 5.74) is 0. The molecule has 0 spiro atoms. The number of halogens is 1. The lowest BCUT2D eigenvalue weighted by molar-refractivity contribution is 2.14. The molecule has 1 heterocycles. The summed E-state index contributed by atoms with van der Waals surface area (Å²) < 4.78 is 1.31. The summed E-state index contributed by atoms with van der Waals surface area (Å²) in [6, 6.07) is 0. The van der Waals surface area contributed by atoms with Gasteiger partial charge in [0, 0.05) is 0 Å². The van der Waals surface area contributed by atoms with Gasteiger partial charge in [-0.25, -0.2) is 0 Å². The van der Waals surface area contributed by atoms with Gasteiger partial charge in [0.25, 0.3) is 0 Å². The second-order valence-electron chi connectivity index (χ2n) is 1.10. The first-order valence-corrected chi connectivity index (χ1v) is 2.85. The second kappa shape index (κ2) is 1.82. The van der Waals surface area contributed by atoms with E-state index in [2.05, 4.69) is 35.9 Å². The van der Waals surface area contributed by atoms with Gasteiger partial charge in [-0.2, -0.15) is 0 Å². The molecule has 0 amide bonds. The van der Waals surface area contributed by atoms with Crippen LogP contribution in [-0.4, -0.2) is 7.28 Å². The van der Waals surface area contributed by atoms with Crippen LogP contribution >= 0.6 is 22.6 Å². The van der Waals surface area contributed by atoms with Crippen molar-refractivity contribution in [2.75, 3.05) is 0 Å². The van der Waals surface area contributed by atoms with Gasteiger partial charge >= 0.3 is 0 Å². The number of hydrogen-bond donors (Lipinski definition) is 0. The van der Waals surface area contributed by atoms with E-state index in [4.69, 9.17) is 0 Å². The van der Waals surface area contributed by atoms with E-state index in [1.807, 2.05) is 12.1 Å². The highest BCUT2D eigenvalue weighted by atomic mass is 127. The first-order valence-electron chi connectivity index (χ1n) is 1.77. The summed E-state index contributed by atoms with van der Waals surface area (Å²) in [7, 11) is 2.07. The molecule has 2 heteroatoms. The third-order valence-electron chi connectivity index (χ3n) is 0.622. The zero-order chi connectivity index (χ0) is 4.41. The third kappa shape index (κ3) is 0.866. The first kappa shape index (κ1) is 4.43. The Morgan fingerprint density at radius 1 is 1.67 bits per heavy atom. The zero-order valence-corrected chi connectivity index (χ0v) is 5.34. The summed E-state index contributed by atoms with van der Waals surface area (Å²) >= 11 is 2.28. The molecule has 1 rings (SSSR count). The van der Waals surface area contributed by atoms with Crippen LogP contribution < -0.4 is 0 Å². The molecule has 29 valence electrons. The molecule has 0 nitrogen and oxygen atoms in total. The van der Waals surface area contributed by atoms with Crippen LogP contribution in [0.4, 0.5) is 0 Å². The summed E-state index contributed by atoms with van der Waals surface area (Å²) in [5, 5.41) is 0. The molecule has 0 bridgehead atoms. The largest absolute Gasteiger partial charge is 0.189 e. The monoisotopic (exact) mass is 189 g/mol.